The van der Waals surface area contributed by atoms with Crippen LogP contribution in [0.1, 0.15) is 0 Å². The molecule has 0 saturated heterocycles. The third-order valence-corrected chi connectivity index (χ3v) is 13.2. The lowest BCUT2D eigenvalue weighted by atomic mass is 9.92. The number of hydrogen-bond acceptors (Lipinski definition) is 3. The fourth-order valence-electron chi connectivity index (χ4n) is 10.1. The fraction of sp³-hybridized carbons (Fsp3) is 0. The van der Waals surface area contributed by atoms with E-state index in [1.54, 1.807) is 0 Å². The molecule has 0 atom stereocenters. The zero-order chi connectivity index (χ0) is 45.0. The molecule has 0 fully saturated rings. The summed E-state index contributed by atoms with van der Waals surface area (Å²) in [5, 5.41) is 4.53. The highest BCUT2D eigenvalue weighted by Crippen LogP contribution is 2.44. The Morgan fingerprint density at radius 3 is 1.24 bits per heavy atom. The molecule has 68 heavy (non-hydrogen) atoms. The van der Waals surface area contributed by atoms with E-state index in [0.29, 0.717) is 17.6 Å². The number of para-hydroxylation sites is 2. The SMILES string of the molecule is c1ccc(-c2ccc(-c3nc(-c4ccccc4)nc(-n4c5ccccc5c5ccc6c7ccccc7n(-c7cc(-c8ccccc8-c8ccccc8)ccc7-c7ccccc7)c6c54)n3)cc2)cc1. The molecule has 0 aliphatic carbocycles. The van der Waals surface area contributed by atoms with E-state index in [0.717, 1.165) is 88.2 Å². The zero-order valence-corrected chi connectivity index (χ0v) is 36.9. The van der Waals surface area contributed by atoms with Crippen LogP contribution in [0.15, 0.2) is 249 Å². The van der Waals surface area contributed by atoms with Crippen molar-refractivity contribution in [1.29, 1.82) is 0 Å². The summed E-state index contributed by atoms with van der Waals surface area (Å²) < 4.78 is 4.76. The number of rotatable bonds is 8. The number of aromatic nitrogens is 5. The van der Waals surface area contributed by atoms with Crippen molar-refractivity contribution in [2.24, 2.45) is 0 Å². The molecule has 318 valence electrons. The average Bonchev–Trinajstić information content (AvgIpc) is 3.95. The molecule has 0 radical (unpaired) electrons. The topological polar surface area (TPSA) is 48.5 Å². The van der Waals surface area contributed by atoms with Crippen molar-refractivity contribution in [2.45, 2.75) is 0 Å². The fourth-order valence-corrected chi connectivity index (χ4v) is 10.1. The molecule has 0 aliphatic rings. The van der Waals surface area contributed by atoms with Crippen molar-refractivity contribution in [2.75, 3.05) is 0 Å². The largest absolute Gasteiger partial charge is 0.307 e. The standard InChI is InChI=1S/C63H41N5/c1-5-19-42(20-6-1)43-33-35-47(36-34-43)62-64-61(46-25-11-4-12-26-46)65-63(66-62)68-57-32-18-16-30-53(57)55-40-39-54-52-29-15-17-31-56(52)67(59(54)60(55)68)58-41-48(37-38-51(58)45-23-9-3-10-24-45)50-28-14-13-27-49(50)44-21-7-2-8-22-44/h1-41H. The van der Waals surface area contributed by atoms with Gasteiger partial charge in [-0.2, -0.15) is 9.97 Å². The Bertz CT molecular complexity index is 3990. The number of nitrogens with zero attached hydrogens (tertiary/aromatic N) is 5. The number of benzene rings is 10. The minimum atomic E-state index is 0.547. The van der Waals surface area contributed by atoms with Gasteiger partial charge in [-0.3, -0.25) is 4.57 Å². The van der Waals surface area contributed by atoms with E-state index in [4.69, 9.17) is 15.0 Å². The van der Waals surface area contributed by atoms with Crippen LogP contribution in [0.5, 0.6) is 0 Å². The van der Waals surface area contributed by atoms with E-state index in [9.17, 15) is 0 Å². The number of hydrogen-bond donors (Lipinski definition) is 0. The van der Waals surface area contributed by atoms with Gasteiger partial charge in [0.25, 0.3) is 0 Å². The van der Waals surface area contributed by atoms with Crippen molar-refractivity contribution in [3.63, 3.8) is 0 Å². The molecule has 5 heteroatoms. The smallest absolute Gasteiger partial charge is 0.238 e. The minimum absolute atomic E-state index is 0.547. The van der Waals surface area contributed by atoms with Gasteiger partial charge in [0, 0.05) is 38.2 Å². The summed E-state index contributed by atoms with van der Waals surface area (Å²) >= 11 is 0. The second-order valence-electron chi connectivity index (χ2n) is 17.2. The van der Waals surface area contributed by atoms with E-state index in [1.807, 2.05) is 24.3 Å². The molecule has 0 spiro atoms. The van der Waals surface area contributed by atoms with Gasteiger partial charge in [0.15, 0.2) is 11.6 Å². The van der Waals surface area contributed by atoms with E-state index in [-0.39, 0.29) is 0 Å². The van der Waals surface area contributed by atoms with Crippen LogP contribution in [0.2, 0.25) is 0 Å². The lowest BCUT2D eigenvalue weighted by molar-refractivity contribution is 0.953. The second-order valence-corrected chi connectivity index (χ2v) is 17.2. The first-order valence-corrected chi connectivity index (χ1v) is 23.0. The Kier molecular flexibility index (Phi) is 9.43. The summed E-state index contributed by atoms with van der Waals surface area (Å²) in [5.41, 5.74) is 16.3. The normalized spacial score (nSPS) is 11.5. The van der Waals surface area contributed by atoms with Gasteiger partial charge in [0.1, 0.15) is 0 Å². The van der Waals surface area contributed by atoms with Crippen molar-refractivity contribution in [1.82, 2.24) is 24.1 Å². The van der Waals surface area contributed by atoms with E-state index >= 15 is 0 Å². The maximum absolute atomic E-state index is 5.43. The van der Waals surface area contributed by atoms with Crippen LogP contribution in [0, 0.1) is 0 Å². The highest BCUT2D eigenvalue weighted by atomic mass is 15.2. The Labute approximate surface area is 393 Å². The summed E-state index contributed by atoms with van der Waals surface area (Å²) in [4.78, 5) is 16.0. The summed E-state index contributed by atoms with van der Waals surface area (Å²) in [6.07, 6.45) is 0. The van der Waals surface area contributed by atoms with E-state index in [1.165, 1.54) is 16.7 Å². The van der Waals surface area contributed by atoms with Crippen molar-refractivity contribution < 1.29 is 0 Å². The first-order valence-electron chi connectivity index (χ1n) is 23.0. The van der Waals surface area contributed by atoms with Crippen molar-refractivity contribution >= 4 is 43.6 Å². The van der Waals surface area contributed by atoms with Crippen LogP contribution in [-0.2, 0) is 0 Å². The maximum atomic E-state index is 5.43. The van der Waals surface area contributed by atoms with Gasteiger partial charge in [0.2, 0.25) is 5.95 Å². The molecule has 3 heterocycles. The summed E-state index contributed by atoms with van der Waals surface area (Å²) in [7, 11) is 0. The molecule has 0 N–H and O–H groups in total. The lowest BCUT2D eigenvalue weighted by Crippen LogP contribution is -2.07. The van der Waals surface area contributed by atoms with E-state index in [2.05, 4.69) is 234 Å². The quantitative estimate of drug-likeness (QED) is 0.153. The molecular weight excluding hydrogens is 827 g/mol. The predicted molar refractivity (Wildman–Crippen MR) is 281 cm³/mol. The molecule has 0 unspecified atom stereocenters. The summed E-state index contributed by atoms with van der Waals surface area (Å²) in [6.45, 7) is 0. The highest BCUT2D eigenvalue weighted by molar-refractivity contribution is 6.24. The molecule has 0 bridgehead atoms. The Balaban J connectivity index is 1.13. The predicted octanol–water partition coefficient (Wildman–Crippen LogP) is 16.1. The molecule has 10 aromatic carbocycles. The van der Waals surface area contributed by atoms with Gasteiger partial charge in [-0.1, -0.05) is 231 Å². The third-order valence-electron chi connectivity index (χ3n) is 13.2. The first kappa shape index (κ1) is 39.2. The van der Waals surface area contributed by atoms with Crippen LogP contribution < -0.4 is 0 Å². The van der Waals surface area contributed by atoms with Crippen molar-refractivity contribution in [3.05, 3.63) is 249 Å². The minimum Gasteiger partial charge on any atom is -0.307 e. The molecular formula is C63H41N5. The van der Waals surface area contributed by atoms with Crippen LogP contribution in [0.25, 0.3) is 123 Å². The van der Waals surface area contributed by atoms with Crippen LogP contribution in [-0.4, -0.2) is 24.1 Å². The van der Waals surface area contributed by atoms with Crippen LogP contribution in [0.4, 0.5) is 0 Å². The van der Waals surface area contributed by atoms with Gasteiger partial charge in [-0.15, -0.1) is 0 Å². The zero-order valence-electron chi connectivity index (χ0n) is 36.9. The lowest BCUT2D eigenvalue weighted by Gasteiger charge is -2.18. The molecule has 5 nitrogen and oxygen atoms in total. The number of fused-ring (bicyclic) bond motifs is 7. The molecule has 13 rings (SSSR count). The van der Waals surface area contributed by atoms with Gasteiger partial charge < -0.3 is 4.57 Å². The molecule has 0 saturated carbocycles. The highest BCUT2D eigenvalue weighted by Gasteiger charge is 2.25. The summed E-state index contributed by atoms with van der Waals surface area (Å²) in [6, 6.07) is 88.3. The monoisotopic (exact) mass is 867 g/mol. The van der Waals surface area contributed by atoms with Crippen molar-refractivity contribution in [3.8, 4) is 78.9 Å². The second kappa shape index (κ2) is 16.4. The van der Waals surface area contributed by atoms with Gasteiger partial charge in [-0.25, -0.2) is 4.98 Å². The van der Waals surface area contributed by atoms with Gasteiger partial charge in [-0.05, 0) is 57.1 Å². The maximum Gasteiger partial charge on any atom is 0.238 e. The molecule has 3 aromatic heterocycles. The van der Waals surface area contributed by atoms with Crippen LogP contribution >= 0.6 is 0 Å². The van der Waals surface area contributed by atoms with Crippen LogP contribution in [0.3, 0.4) is 0 Å². The van der Waals surface area contributed by atoms with Gasteiger partial charge in [0.05, 0.1) is 27.8 Å². The molecule has 13 aromatic rings. The summed E-state index contributed by atoms with van der Waals surface area (Å²) in [5.74, 6) is 1.75. The molecule has 0 amide bonds. The Hall–Kier alpha value is -9.19. The van der Waals surface area contributed by atoms with Gasteiger partial charge >= 0.3 is 0 Å². The first-order chi connectivity index (χ1) is 33.7. The Morgan fingerprint density at radius 1 is 0.250 bits per heavy atom. The Morgan fingerprint density at radius 2 is 0.647 bits per heavy atom. The average molecular weight is 868 g/mol. The molecule has 0 aliphatic heterocycles. The third kappa shape index (κ3) is 6.59. The van der Waals surface area contributed by atoms with E-state index < -0.39 is 0 Å².